The molecule has 0 saturated carbocycles. The summed E-state index contributed by atoms with van der Waals surface area (Å²) in [4.78, 5) is 40.5. The summed E-state index contributed by atoms with van der Waals surface area (Å²) < 4.78 is 0. The van der Waals surface area contributed by atoms with E-state index in [-0.39, 0.29) is 11.1 Å². The first-order valence-electron chi connectivity index (χ1n) is 5.47. The smallest absolute Gasteiger partial charge is 0.336 e. The van der Waals surface area contributed by atoms with Gasteiger partial charge in [0.15, 0.2) is 12.2 Å². The van der Waals surface area contributed by atoms with Crippen molar-refractivity contribution in [2.24, 2.45) is 0 Å². The van der Waals surface area contributed by atoms with Crippen LogP contribution in [-0.4, -0.2) is 66.7 Å². The second kappa shape index (κ2) is 8.34. The van der Waals surface area contributed by atoms with Crippen LogP contribution in [0, 0.1) is 0 Å². The molecule has 2 unspecified atom stereocenters. The van der Waals surface area contributed by atoms with E-state index in [0.29, 0.717) is 0 Å². The normalized spacial score (nSPS) is 12.3. The summed E-state index contributed by atoms with van der Waals surface area (Å²) in [5.74, 6) is -5.99. The number of aliphatic hydroxyl groups excluding tert-OH is 2. The molecule has 2 atom stereocenters. The highest BCUT2D eigenvalue weighted by molar-refractivity contribution is 6.01. The van der Waals surface area contributed by atoms with Gasteiger partial charge >= 0.3 is 23.9 Å². The second-order valence-corrected chi connectivity index (χ2v) is 3.72. The standard InChI is InChI=1S/C8H6O4.C4H6O6/c9-7(10)5-3-1-2-4-6(5)8(11)12;5-1(3(7)8)2(6)4(9)10/h1-4H,(H,9,10)(H,11,12);1-2,5-6H,(H,7,8)(H,9,10). The minimum atomic E-state index is -2.27. The van der Waals surface area contributed by atoms with Gasteiger partial charge in [0, 0.05) is 0 Å². The van der Waals surface area contributed by atoms with E-state index in [1.165, 1.54) is 24.3 Å². The summed E-state index contributed by atoms with van der Waals surface area (Å²) in [5, 5.41) is 49.6. The highest BCUT2D eigenvalue weighted by Gasteiger charge is 2.29. The number of aliphatic carboxylic acids is 2. The zero-order valence-electron chi connectivity index (χ0n) is 10.8. The highest BCUT2D eigenvalue weighted by atomic mass is 16.4. The van der Waals surface area contributed by atoms with E-state index in [1.54, 1.807) is 0 Å². The van der Waals surface area contributed by atoms with Gasteiger partial charge in [0.25, 0.3) is 0 Å². The maximum Gasteiger partial charge on any atom is 0.336 e. The maximum absolute atomic E-state index is 10.5. The van der Waals surface area contributed by atoms with Crippen molar-refractivity contribution < 1.29 is 49.8 Å². The van der Waals surface area contributed by atoms with Gasteiger partial charge in [-0.25, -0.2) is 19.2 Å². The molecule has 0 saturated heterocycles. The quantitative estimate of drug-likeness (QED) is 0.391. The van der Waals surface area contributed by atoms with Crippen molar-refractivity contribution >= 4 is 23.9 Å². The van der Waals surface area contributed by atoms with Gasteiger partial charge in [0.05, 0.1) is 11.1 Å². The Balaban J connectivity index is 0.000000409. The van der Waals surface area contributed by atoms with Gasteiger partial charge in [-0.2, -0.15) is 0 Å². The number of hydrogen-bond donors (Lipinski definition) is 6. The molecule has 10 heteroatoms. The molecule has 0 fully saturated rings. The van der Waals surface area contributed by atoms with Crippen LogP contribution in [0.4, 0.5) is 0 Å². The van der Waals surface area contributed by atoms with Crippen molar-refractivity contribution in [3.63, 3.8) is 0 Å². The van der Waals surface area contributed by atoms with Crippen molar-refractivity contribution in [3.05, 3.63) is 35.4 Å². The number of rotatable bonds is 5. The van der Waals surface area contributed by atoms with Crippen LogP contribution in [0.15, 0.2) is 24.3 Å². The van der Waals surface area contributed by atoms with Crippen molar-refractivity contribution in [2.45, 2.75) is 12.2 Å². The van der Waals surface area contributed by atoms with E-state index in [0.717, 1.165) is 0 Å². The number of carboxylic acid groups (broad SMARTS) is 4. The van der Waals surface area contributed by atoms with Crippen LogP contribution in [0.25, 0.3) is 0 Å². The van der Waals surface area contributed by atoms with Gasteiger partial charge in [0.2, 0.25) is 0 Å². The number of aliphatic hydroxyl groups is 2. The molecule has 0 amide bonds. The minimum Gasteiger partial charge on any atom is -0.479 e. The predicted molar refractivity (Wildman–Crippen MR) is 67.6 cm³/mol. The molecule has 0 aliphatic heterocycles. The predicted octanol–water partition coefficient (Wildman–Crippen LogP) is -1.04. The molecule has 0 aromatic heterocycles. The molecule has 0 bridgehead atoms. The van der Waals surface area contributed by atoms with Crippen LogP contribution in [-0.2, 0) is 9.59 Å². The molecule has 0 aliphatic carbocycles. The van der Waals surface area contributed by atoms with E-state index in [4.69, 9.17) is 30.6 Å². The topological polar surface area (TPSA) is 190 Å². The molecule has 1 aromatic carbocycles. The van der Waals surface area contributed by atoms with Crippen LogP contribution in [0.3, 0.4) is 0 Å². The second-order valence-electron chi connectivity index (χ2n) is 3.72. The molecular formula is C12H12O10. The van der Waals surface area contributed by atoms with Gasteiger partial charge < -0.3 is 30.6 Å². The lowest BCUT2D eigenvalue weighted by molar-refractivity contribution is -0.165. The first-order chi connectivity index (χ1) is 10.1. The summed E-state index contributed by atoms with van der Waals surface area (Å²) in [5.41, 5.74) is -0.380. The zero-order chi connectivity index (χ0) is 17.4. The number of carbonyl (C=O) groups is 4. The fraction of sp³-hybridized carbons (Fsp3) is 0.167. The Hall–Kier alpha value is -2.98. The average Bonchev–Trinajstić information content (AvgIpc) is 2.45. The fourth-order valence-electron chi connectivity index (χ4n) is 1.13. The van der Waals surface area contributed by atoms with Crippen molar-refractivity contribution in [1.82, 2.24) is 0 Å². The lowest BCUT2D eigenvalue weighted by Gasteiger charge is -2.07. The van der Waals surface area contributed by atoms with E-state index in [2.05, 4.69) is 0 Å². The first kappa shape index (κ1) is 19.0. The monoisotopic (exact) mass is 316 g/mol. The SMILES string of the molecule is O=C(O)C(O)C(O)C(=O)O.O=C(O)c1ccccc1C(=O)O. The van der Waals surface area contributed by atoms with Crippen LogP contribution in [0.5, 0.6) is 0 Å². The third-order valence-electron chi connectivity index (χ3n) is 2.19. The molecule has 120 valence electrons. The Morgan fingerprint density at radius 1 is 0.682 bits per heavy atom. The number of benzene rings is 1. The van der Waals surface area contributed by atoms with Crippen LogP contribution < -0.4 is 0 Å². The first-order valence-corrected chi connectivity index (χ1v) is 5.47. The van der Waals surface area contributed by atoms with E-state index >= 15 is 0 Å². The highest BCUT2D eigenvalue weighted by Crippen LogP contribution is 2.07. The van der Waals surface area contributed by atoms with Gasteiger partial charge in [-0.1, -0.05) is 12.1 Å². The number of carboxylic acids is 4. The third kappa shape index (κ3) is 5.56. The number of hydrogen-bond acceptors (Lipinski definition) is 6. The zero-order valence-corrected chi connectivity index (χ0v) is 10.8. The Morgan fingerprint density at radius 3 is 1.14 bits per heavy atom. The molecule has 1 rings (SSSR count). The van der Waals surface area contributed by atoms with Gasteiger partial charge in [-0.05, 0) is 12.1 Å². The summed E-state index contributed by atoms with van der Waals surface area (Å²) in [7, 11) is 0. The van der Waals surface area contributed by atoms with Gasteiger partial charge in [-0.15, -0.1) is 0 Å². The molecule has 0 radical (unpaired) electrons. The van der Waals surface area contributed by atoms with Crippen LogP contribution in [0.2, 0.25) is 0 Å². The molecule has 0 heterocycles. The minimum absolute atomic E-state index is 0.190. The Kier molecular flexibility index (Phi) is 7.21. The summed E-state index contributed by atoms with van der Waals surface area (Å²) in [6.45, 7) is 0. The molecule has 10 nitrogen and oxygen atoms in total. The van der Waals surface area contributed by atoms with E-state index < -0.39 is 36.1 Å². The summed E-state index contributed by atoms with van der Waals surface area (Å²) in [6, 6.07) is 5.48. The molecule has 6 N–H and O–H groups in total. The van der Waals surface area contributed by atoms with Crippen molar-refractivity contribution in [3.8, 4) is 0 Å². The maximum atomic E-state index is 10.5. The van der Waals surface area contributed by atoms with Crippen molar-refractivity contribution in [1.29, 1.82) is 0 Å². The fourth-order valence-corrected chi connectivity index (χ4v) is 1.13. The van der Waals surface area contributed by atoms with Crippen molar-refractivity contribution in [2.75, 3.05) is 0 Å². The average molecular weight is 316 g/mol. The number of aromatic carboxylic acids is 2. The van der Waals surface area contributed by atoms with E-state index in [9.17, 15) is 19.2 Å². The summed E-state index contributed by atoms with van der Waals surface area (Å²) >= 11 is 0. The third-order valence-corrected chi connectivity index (χ3v) is 2.19. The largest absolute Gasteiger partial charge is 0.479 e. The lowest BCUT2D eigenvalue weighted by Crippen LogP contribution is -2.39. The molecule has 0 spiro atoms. The van der Waals surface area contributed by atoms with Crippen LogP contribution in [0.1, 0.15) is 20.7 Å². The lowest BCUT2D eigenvalue weighted by atomic mass is 10.1. The Labute approximate surface area is 122 Å². The van der Waals surface area contributed by atoms with Gasteiger partial charge in [0.1, 0.15) is 0 Å². The molecule has 1 aromatic rings. The van der Waals surface area contributed by atoms with E-state index in [1.807, 2.05) is 0 Å². The van der Waals surface area contributed by atoms with Crippen LogP contribution >= 0.6 is 0 Å². The van der Waals surface area contributed by atoms with Gasteiger partial charge in [-0.3, -0.25) is 0 Å². The molecular weight excluding hydrogens is 304 g/mol. The Morgan fingerprint density at radius 2 is 0.955 bits per heavy atom. The molecule has 0 aliphatic rings. The Bertz CT molecular complexity index is 528. The summed E-state index contributed by atoms with van der Waals surface area (Å²) in [6.07, 6.45) is -4.53. The molecule has 22 heavy (non-hydrogen) atoms.